The smallest absolute Gasteiger partial charge is 0.330 e. The summed E-state index contributed by atoms with van der Waals surface area (Å²) in [5.41, 5.74) is -0.0114. The maximum atomic E-state index is 13.7. The van der Waals surface area contributed by atoms with Crippen molar-refractivity contribution in [3.8, 4) is 0 Å². The Morgan fingerprint density at radius 3 is 2.62 bits per heavy atom. The van der Waals surface area contributed by atoms with Crippen LogP contribution in [0.15, 0.2) is 35.6 Å². The maximum Gasteiger partial charge on any atom is 0.417 e. The highest BCUT2D eigenvalue weighted by atomic mass is 35.5. The van der Waals surface area contributed by atoms with Crippen LogP contribution in [0.5, 0.6) is 0 Å². The molecule has 2 aliphatic heterocycles. The van der Waals surface area contributed by atoms with E-state index < -0.39 is 34.5 Å². The first kappa shape index (κ1) is 22.3. The van der Waals surface area contributed by atoms with E-state index in [0.29, 0.717) is 30.1 Å². The molecule has 2 aromatic rings. The third kappa shape index (κ3) is 3.76. The highest BCUT2D eigenvalue weighted by Gasteiger charge is 2.44. The SMILES string of the molecule is Cc1cc(N2C3CCN(C(=O)c4ccc(Cl)c(C(F)(F)F)c4)C(C)C3=NN2C)ncc1F. The highest BCUT2D eigenvalue weighted by molar-refractivity contribution is 6.31. The van der Waals surface area contributed by atoms with E-state index in [-0.39, 0.29) is 11.6 Å². The van der Waals surface area contributed by atoms with Gasteiger partial charge in [-0.2, -0.15) is 18.3 Å². The number of amides is 1. The fourth-order valence-corrected chi connectivity index (χ4v) is 4.36. The molecule has 1 amide bonds. The third-order valence-corrected chi connectivity index (χ3v) is 6.12. The van der Waals surface area contributed by atoms with E-state index in [1.807, 2.05) is 5.01 Å². The summed E-state index contributed by atoms with van der Waals surface area (Å²) in [6, 6.07) is 4.12. The number of carbonyl (C=O) groups is 1. The molecule has 0 bridgehead atoms. The number of alkyl halides is 3. The molecule has 0 aliphatic carbocycles. The Morgan fingerprint density at radius 2 is 1.97 bits per heavy atom. The van der Waals surface area contributed by atoms with Crippen molar-refractivity contribution in [1.29, 1.82) is 0 Å². The number of halogens is 5. The number of carbonyl (C=O) groups excluding carboxylic acids is 1. The van der Waals surface area contributed by atoms with Gasteiger partial charge in [-0.05, 0) is 50.1 Å². The molecule has 11 heteroatoms. The van der Waals surface area contributed by atoms with E-state index in [0.717, 1.165) is 18.3 Å². The zero-order valence-corrected chi connectivity index (χ0v) is 18.2. The first-order valence-electron chi connectivity index (χ1n) is 9.90. The van der Waals surface area contributed by atoms with Crippen molar-refractivity contribution in [2.45, 2.75) is 38.5 Å². The summed E-state index contributed by atoms with van der Waals surface area (Å²) in [7, 11) is 1.72. The third-order valence-electron chi connectivity index (χ3n) is 5.79. The van der Waals surface area contributed by atoms with E-state index >= 15 is 0 Å². The number of hydrazone groups is 1. The maximum absolute atomic E-state index is 13.7. The number of fused-ring (bicyclic) bond motifs is 1. The van der Waals surface area contributed by atoms with Gasteiger partial charge in [0.2, 0.25) is 0 Å². The lowest BCUT2D eigenvalue weighted by Gasteiger charge is -2.39. The number of anilines is 1. The molecular formula is C21H20ClF4N5O. The Morgan fingerprint density at radius 1 is 1.25 bits per heavy atom. The first-order valence-corrected chi connectivity index (χ1v) is 10.3. The Labute approximate surface area is 187 Å². The fourth-order valence-electron chi connectivity index (χ4n) is 4.13. The molecule has 170 valence electrons. The molecule has 0 N–H and O–H groups in total. The molecule has 1 fully saturated rings. The van der Waals surface area contributed by atoms with Crippen LogP contribution >= 0.6 is 11.6 Å². The van der Waals surface area contributed by atoms with Crippen LogP contribution in [0.25, 0.3) is 0 Å². The summed E-state index contributed by atoms with van der Waals surface area (Å²) in [6.07, 6.45) is -3.03. The van der Waals surface area contributed by atoms with Gasteiger partial charge >= 0.3 is 6.18 Å². The molecule has 6 nitrogen and oxygen atoms in total. The van der Waals surface area contributed by atoms with Gasteiger partial charge in [0.25, 0.3) is 5.91 Å². The number of pyridine rings is 1. The monoisotopic (exact) mass is 469 g/mol. The second kappa shape index (κ2) is 7.91. The van der Waals surface area contributed by atoms with Gasteiger partial charge in [-0.1, -0.05) is 11.6 Å². The number of likely N-dealkylation sites (tertiary alicyclic amines) is 1. The molecule has 32 heavy (non-hydrogen) atoms. The summed E-state index contributed by atoms with van der Waals surface area (Å²) < 4.78 is 53.3. The predicted octanol–water partition coefficient (Wildman–Crippen LogP) is 4.53. The van der Waals surface area contributed by atoms with Crippen LogP contribution in [-0.4, -0.2) is 52.3 Å². The Hall–Kier alpha value is -2.88. The summed E-state index contributed by atoms with van der Waals surface area (Å²) in [5.74, 6) is -0.418. The zero-order valence-electron chi connectivity index (χ0n) is 17.5. The number of piperidine rings is 1. The lowest BCUT2D eigenvalue weighted by molar-refractivity contribution is -0.137. The highest BCUT2D eigenvalue weighted by Crippen LogP contribution is 2.36. The van der Waals surface area contributed by atoms with Gasteiger partial charge in [0.1, 0.15) is 11.6 Å². The number of benzene rings is 1. The standard InChI is InChI=1S/C21H20ClF4N5O/c1-11-8-18(27-10-16(11)23)31-17-6-7-30(12(2)19(17)28-29(31)3)20(32)13-4-5-15(22)14(9-13)21(24,25)26/h4-5,8-10,12,17H,6-7H2,1-3H3. The van der Waals surface area contributed by atoms with E-state index in [1.54, 1.807) is 32.1 Å². The minimum atomic E-state index is -4.66. The van der Waals surface area contributed by atoms with Gasteiger partial charge in [0.15, 0.2) is 0 Å². The molecule has 2 atom stereocenters. The average Bonchev–Trinajstić information content (AvgIpc) is 3.06. The van der Waals surface area contributed by atoms with Crippen LogP contribution in [0, 0.1) is 12.7 Å². The van der Waals surface area contributed by atoms with Gasteiger partial charge in [0, 0.05) is 19.2 Å². The molecule has 0 saturated carbocycles. The Balaban J connectivity index is 1.59. The molecule has 0 spiro atoms. The van der Waals surface area contributed by atoms with Crippen LogP contribution in [-0.2, 0) is 6.18 Å². The summed E-state index contributed by atoms with van der Waals surface area (Å²) in [5, 5.41) is 7.50. The van der Waals surface area contributed by atoms with E-state index in [9.17, 15) is 22.4 Å². The number of nitrogens with zero attached hydrogens (tertiary/aromatic N) is 5. The van der Waals surface area contributed by atoms with Gasteiger partial charge in [-0.3, -0.25) is 4.79 Å². The molecule has 1 aromatic heterocycles. The van der Waals surface area contributed by atoms with Crippen molar-refractivity contribution in [1.82, 2.24) is 15.0 Å². The zero-order chi connectivity index (χ0) is 23.4. The molecule has 1 aromatic carbocycles. The molecule has 4 rings (SSSR count). The normalized spacial score (nSPS) is 21.0. The number of aryl methyl sites for hydroxylation is 1. The van der Waals surface area contributed by atoms with Crippen LogP contribution in [0.1, 0.15) is 34.8 Å². The quantitative estimate of drug-likeness (QED) is 0.607. The van der Waals surface area contributed by atoms with Crippen LogP contribution in [0.2, 0.25) is 5.02 Å². The molecule has 2 aliphatic rings. The van der Waals surface area contributed by atoms with Crippen LogP contribution < -0.4 is 5.01 Å². The number of rotatable bonds is 2. The second-order valence-electron chi connectivity index (χ2n) is 7.82. The summed E-state index contributed by atoms with van der Waals surface area (Å²) in [6.45, 7) is 3.73. The minimum Gasteiger partial charge on any atom is -0.330 e. The lowest BCUT2D eigenvalue weighted by atomic mass is 9.94. The molecule has 1 saturated heterocycles. The largest absolute Gasteiger partial charge is 0.417 e. The van der Waals surface area contributed by atoms with Crippen molar-refractivity contribution in [2.75, 3.05) is 18.6 Å². The number of hydrogen-bond acceptors (Lipinski definition) is 5. The van der Waals surface area contributed by atoms with Gasteiger partial charge in [-0.25, -0.2) is 19.5 Å². The van der Waals surface area contributed by atoms with Crippen LogP contribution in [0.3, 0.4) is 0 Å². The molecule has 0 radical (unpaired) electrons. The average molecular weight is 470 g/mol. The number of hydrazine groups is 1. The van der Waals surface area contributed by atoms with Crippen molar-refractivity contribution in [3.05, 3.63) is 58.0 Å². The van der Waals surface area contributed by atoms with Crippen LogP contribution in [0.4, 0.5) is 23.4 Å². The van der Waals surface area contributed by atoms with E-state index in [2.05, 4.69) is 10.1 Å². The van der Waals surface area contributed by atoms with Crippen molar-refractivity contribution < 1.29 is 22.4 Å². The predicted molar refractivity (Wildman–Crippen MR) is 112 cm³/mol. The van der Waals surface area contributed by atoms with Gasteiger partial charge in [0.05, 0.1) is 34.6 Å². The Kier molecular flexibility index (Phi) is 5.52. The van der Waals surface area contributed by atoms with E-state index in [4.69, 9.17) is 11.6 Å². The topological polar surface area (TPSA) is 52.0 Å². The molecule has 2 unspecified atom stereocenters. The van der Waals surface area contributed by atoms with Gasteiger partial charge in [-0.15, -0.1) is 0 Å². The second-order valence-corrected chi connectivity index (χ2v) is 8.23. The van der Waals surface area contributed by atoms with Crippen molar-refractivity contribution in [3.63, 3.8) is 0 Å². The van der Waals surface area contributed by atoms with Gasteiger partial charge < -0.3 is 4.90 Å². The van der Waals surface area contributed by atoms with E-state index in [1.165, 1.54) is 11.0 Å². The van der Waals surface area contributed by atoms with Crippen molar-refractivity contribution in [2.24, 2.45) is 5.10 Å². The number of aromatic nitrogens is 1. The molecular weight excluding hydrogens is 450 g/mol. The summed E-state index contributed by atoms with van der Waals surface area (Å²) >= 11 is 5.68. The summed E-state index contributed by atoms with van der Waals surface area (Å²) in [4.78, 5) is 18.7. The lowest BCUT2D eigenvalue weighted by Crippen LogP contribution is -2.56. The number of hydrogen-bond donors (Lipinski definition) is 0. The minimum absolute atomic E-state index is 0.0911. The Bertz CT molecular complexity index is 1110. The molecule has 3 heterocycles. The fraction of sp³-hybridized carbons (Fsp3) is 0.381. The van der Waals surface area contributed by atoms with Crippen molar-refractivity contribution >= 4 is 29.0 Å². The first-order chi connectivity index (χ1) is 15.0.